The molecular weight excluding hydrogens is 476 g/mol. The van der Waals surface area contributed by atoms with Gasteiger partial charge in [-0.2, -0.15) is 0 Å². The Morgan fingerprint density at radius 1 is 1.16 bits per heavy atom. The molecule has 3 aliphatic rings. The number of carbonyl (C=O) groups excluding carboxylic acids is 1. The summed E-state index contributed by atoms with van der Waals surface area (Å²) in [5.74, 6) is 0.174. The summed E-state index contributed by atoms with van der Waals surface area (Å²) < 4.78 is 34.9. The van der Waals surface area contributed by atoms with Gasteiger partial charge in [-0.05, 0) is 106 Å². The van der Waals surface area contributed by atoms with Crippen LogP contribution >= 0.6 is 0 Å². The number of Topliss-reactive ketones (excluding diaryl/α,β-unsaturated/α-hetero) is 1. The second-order valence-electron chi connectivity index (χ2n) is 12.5. The number of fused-ring (bicyclic) bond motifs is 4. The Kier molecular flexibility index (Phi) is 7.44. The van der Waals surface area contributed by atoms with Gasteiger partial charge in [-0.1, -0.05) is 18.6 Å². The quantitative estimate of drug-likeness (QED) is 0.550. The molecule has 0 radical (unpaired) electrons. The first-order chi connectivity index (χ1) is 17.6. The van der Waals surface area contributed by atoms with Gasteiger partial charge in [0.25, 0.3) is 0 Å². The standard InChI is InChI=1S/C29H41F2N3O3/c1-18-7-8-19(25(35)16-34-24-12-11-23(30)26(31)27(24)32-33-34)5-4-6-22-21(18)10-9-20-15-28(2,36)13-14-29(20,22)17-37-3/h11-12,18-22,36H,4-10,13-17H2,1-3H3/t18-,19+,20-,21-,22-,28+,29+/m0/s1. The predicted octanol–water partition coefficient (Wildman–Crippen LogP) is 5.71. The molecule has 3 saturated carbocycles. The van der Waals surface area contributed by atoms with Crippen LogP contribution in [0.1, 0.15) is 78.1 Å². The number of nitrogens with zero attached hydrogens (tertiary/aromatic N) is 3. The van der Waals surface area contributed by atoms with Crippen molar-refractivity contribution < 1.29 is 23.4 Å². The van der Waals surface area contributed by atoms with Gasteiger partial charge in [0.15, 0.2) is 22.9 Å². The van der Waals surface area contributed by atoms with Crippen molar-refractivity contribution in [2.24, 2.45) is 35.0 Å². The first-order valence-corrected chi connectivity index (χ1v) is 14.1. The van der Waals surface area contributed by atoms with Crippen LogP contribution in [0.4, 0.5) is 8.78 Å². The number of rotatable bonds is 5. The molecule has 5 rings (SSSR count). The average Bonchev–Trinajstić information content (AvgIpc) is 3.29. The Hall–Kier alpha value is -1.93. The summed E-state index contributed by atoms with van der Waals surface area (Å²) in [5.41, 5.74) is -0.270. The largest absolute Gasteiger partial charge is 0.390 e. The fourth-order valence-electron chi connectivity index (χ4n) is 8.29. The lowest BCUT2D eigenvalue weighted by atomic mass is 9.48. The average molecular weight is 518 g/mol. The Morgan fingerprint density at radius 2 is 1.97 bits per heavy atom. The topological polar surface area (TPSA) is 77.2 Å². The van der Waals surface area contributed by atoms with Crippen molar-refractivity contribution >= 4 is 16.8 Å². The Balaban J connectivity index is 1.33. The maximum absolute atomic E-state index is 14.1. The van der Waals surface area contributed by atoms with Crippen molar-refractivity contribution in [2.75, 3.05) is 13.7 Å². The second-order valence-corrected chi connectivity index (χ2v) is 12.5. The Bertz CT molecular complexity index is 1140. The van der Waals surface area contributed by atoms with E-state index < -0.39 is 17.2 Å². The summed E-state index contributed by atoms with van der Waals surface area (Å²) >= 11 is 0. The van der Waals surface area contributed by atoms with Crippen LogP contribution < -0.4 is 0 Å². The van der Waals surface area contributed by atoms with Gasteiger partial charge in [-0.25, -0.2) is 13.5 Å². The molecule has 0 spiro atoms. The lowest BCUT2D eigenvalue weighted by Gasteiger charge is -2.59. The van der Waals surface area contributed by atoms with Crippen molar-refractivity contribution in [3.8, 4) is 0 Å². The van der Waals surface area contributed by atoms with Crippen molar-refractivity contribution in [3.05, 3.63) is 23.8 Å². The van der Waals surface area contributed by atoms with Crippen molar-refractivity contribution in [2.45, 2.75) is 90.2 Å². The summed E-state index contributed by atoms with van der Waals surface area (Å²) in [4.78, 5) is 13.4. The molecule has 0 bridgehead atoms. The molecular formula is C29H41F2N3O3. The first kappa shape index (κ1) is 26.7. The van der Waals surface area contributed by atoms with Gasteiger partial charge in [-0.15, -0.1) is 5.10 Å². The van der Waals surface area contributed by atoms with Gasteiger partial charge in [0.2, 0.25) is 0 Å². The van der Waals surface area contributed by atoms with Crippen LogP contribution in [0.5, 0.6) is 0 Å². The first-order valence-electron chi connectivity index (χ1n) is 14.1. The molecule has 0 saturated heterocycles. The smallest absolute Gasteiger partial charge is 0.188 e. The molecule has 1 aromatic carbocycles. The van der Waals surface area contributed by atoms with E-state index in [1.54, 1.807) is 0 Å². The SMILES string of the molecule is COC[C@]12CC[C@@](C)(O)C[C@@H]1CC[C@H]1[C@@H](C)CC[C@H](C(=O)Cn3nnc4c(F)c(F)ccc43)CCC[C@@H]12. The second kappa shape index (κ2) is 10.3. The number of aliphatic hydroxyl groups is 1. The summed E-state index contributed by atoms with van der Waals surface area (Å²) in [6, 6.07) is 2.49. The number of hydrogen-bond donors (Lipinski definition) is 1. The summed E-state index contributed by atoms with van der Waals surface area (Å²) in [7, 11) is 1.81. The van der Waals surface area contributed by atoms with Gasteiger partial charge >= 0.3 is 0 Å². The molecule has 1 aromatic heterocycles. The highest BCUT2D eigenvalue weighted by atomic mass is 19.2. The minimum atomic E-state index is -1.03. The van der Waals surface area contributed by atoms with Crippen LogP contribution in [-0.2, 0) is 16.1 Å². The highest BCUT2D eigenvalue weighted by molar-refractivity contribution is 5.83. The third-order valence-electron chi connectivity index (χ3n) is 10.3. The number of halogens is 2. The fraction of sp³-hybridized carbons (Fsp3) is 0.759. The van der Waals surface area contributed by atoms with Crippen LogP contribution in [0, 0.1) is 46.6 Å². The number of hydrogen-bond acceptors (Lipinski definition) is 5. The molecule has 8 heteroatoms. The molecule has 2 aromatic rings. The molecule has 1 N–H and O–H groups in total. The van der Waals surface area contributed by atoms with E-state index in [4.69, 9.17) is 4.74 Å². The van der Waals surface area contributed by atoms with E-state index in [0.29, 0.717) is 29.2 Å². The lowest BCUT2D eigenvalue weighted by Crippen LogP contribution is -2.55. The van der Waals surface area contributed by atoms with Gasteiger partial charge in [-0.3, -0.25) is 4.79 Å². The third kappa shape index (κ3) is 4.96. The number of methoxy groups -OCH3 is 1. The van der Waals surface area contributed by atoms with Gasteiger partial charge < -0.3 is 9.84 Å². The van der Waals surface area contributed by atoms with E-state index in [1.807, 2.05) is 14.0 Å². The maximum atomic E-state index is 14.1. The van der Waals surface area contributed by atoms with Crippen molar-refractivity contribution in [1.29, 1.82) is 0 Å². The van der Waals surface area contributed by atoms with Crippen LogP contribution in [0.3, 0.4) is 0 Å². The van der Waals surface area contributed by atoms with Gasteiger partial charge in [0, 0.05) is 13.0 Å². The number of ether oxygens (including phenoxy) is 1. The zero-order chi connectivity index (χ0) is 26.4. The molecule has 3 fully saturated rings. The highest BCUT2D eigenvalue weighted by Gasteiger charge is 2.55. The van der Waals surface area contributed by atoms with E-state index in [0.717, 1.165) is 70.5 Å². The molecule has 0 aliphatic heterocycles. The normalized spacial score (nSPS) is 36.8. The van der Waals surface area contributed by atoms with E-state index in [1.165, 1.54) is 17.2 Å². The molecule has 37 heavy (non-hydrogen) atoms. The van der Waals surface area contributed by atoms with Crippen molar-refractivity contribution in [1.82, 2.24) is 15.0 Å². The lowest BCUT2D eigenvalue weighted by molar-refractivity contribution is -0.151. The molecule has 1 heterocycles. The van der Waals surface area contributed by atoms with E-state index in [9.17, 15) is 18.7 Å². The molecule has 6 nitrogen and oxygen atoms in total. The molecule has 0 amide bonds. The van der Waals surface area contributed by atoms with E-state index in [2.05, 4.69) is 17.2 Å². The zero-order valence-corrected chi connectivity index (χ0v) is 22.4. The summed E-state index contributed by atoms with van der Waals surface area (Å²) in [6.45, 7) is 5.12. The van der Waals surface area contributed by atoms with Crippen LogP contribution in [0.25, 0.3) is 11.0 Å². The third-order valence-corrected chi connectivity index (χ3v) is 10.3. The van der Waals surface area contributed by atoms with Crippen LogP contribution in [0.2, 0.25) is 0 Å². The van der Waals surface area contributed by atoms with Crippen LogP contribution in [-0.4, -0.2) is 45.2 Å². The Labute approximate surface area is 218 Å². The Morgan fingerprint density at radius 3 is 2.76 bits per heavy atom. The minimum absolute atomic E-state index is 0.0260. The minimum Gasteiger partial charge on any atom is -0.390 e. The summed E-state index contributed by atoms with van der Waals surface area (Å²) in [6.07, 6.45) is 9.74. The van der Waals surface area contributed by atoms with Gasteiger partial charge in [0.1, 0.15) is 6.54 Å². The molecule has 7 atom stereocenters. The highest BCUT2D eigenvalue weighted by Crippen LogP contribution is 2.60. The van der Waals surface area contributed by atoms with Crippen molar-refractivity contribution in [3.63, 3.8) is 0 Å². The van der Waals surface area contributed by atoms with Gasteiger partial charge in [0.05, 0.1) is 17.7 Å². The van der Waals surface area contributed by atoms with E-state index in [-0.39, 0.29) is 29.2 Å². The number of ketones is 1. The number of benzene rings is 1. The predicted molar refractivity (Wildman–Crippen MR) is 137 cm³/mol. The molecule has 3 aliphatic carbocycles. The maximum Gasteiger partial charge on any atom is 0.188 e. The summed E-state index contributed by atoms with van der Waals surface area (Å²) in [5, 5.41) is 18.6. The zero-order valence-electron chi connectivity index (χ0n) is 22.4. The number of aromatic nitrogens is 3. The monoisotopic (exact) mass is 517 g/mol. The van der Waals surface area contributed by atoms with E-state index >= 15 is 0 Å². The number of carbonyl (C=O) groups is 1. The molecule has 0 unspecified atom stereocenters. The molecule has 204 valence electrons. The van der Waals surface area contributed by atoms with Crippen LogP contribution in [0.15, 0.2) is 12.1 Å². The fourth-order valence-corrected chi connectivity index (χ4v) is 8.29.